The Labute approximate surface area is 89.5 Å². The maximum atomic E-state index is 5.81. The molecule has 0 aromatic carbocycles. The SMILES string of the molecule is CN(c1cc(N)nc(C2CC2)n1)C1CC1. The molecule has 2 aliphatic carbocycles. The van der Waals surface area contributed by atoms with E-state index in [0.717, 1.165) is 11.6 Å². The zero-order valence-electron chi connectivity index (χ0n) is 8.98. The van der Waals surface area contributed by atoms with Gasteiger partial charge in [-0.15, -0.1) is 0 Å². The van der Waals surface area contributed by atoms with Crippen LogP contribution in [0.4, 0.5) is 11.6 Å². The minimum Gasteiger partial charge on any atom is -0.384 e. The number of nitrogens with two attached hydrogens (primary N) is 1. The van der Waals surface area contributed by atoms with E-state index in [1.54, 1.807) is 0 Å². The number of nitrogen functional groups attached to an aromatic ring is 1. The molecule has 0 atom stereocenters. The molecule has 2 N–H and O–H groups in total. The predicted octanol–water partition coefficient (Wildman–Crippen LogP) is 1.53. The lowest BCUT2D eigenvalue weighted by atomic mass is 10.3. The van der Waals surface area contributed by atoms with E-state index >= 15 is 0 Å². The van der Waals surface area contributed by atoms with Crippen LogP contribution in [0, 0.1) is 0 Å². The second kappa shape index (κ2) is 3.08. The summed E-state index contributed by atoms with van der Waals surface area (Å²) in [5.41, 5.74) is 5.81. The zero-order valence-corrected chi connectivity index (χ0v) is 8.98. The molecular weight excluding hydrogens is 188 g/mol. The standard InChI is InChI=1S/C11H16N4/c1-15(8-4-5-8)10-6-9(12)13-11(14-10)7-2-3-7/h6-8H,2-5H2,1H3,(H2,12,13,14). The fraction of sp³-hybridized carbons (Fsp3) is 0.636. The first kappa shape index (κ1) is 8.95. The summed E-state index contributed by atoms with van der Waals surface area (Å²) in [4.78, 5) is 11.1. The largest absolute Gasteiger partial charge is 0.384 e. The Kier molecular flexibility index (Phi) is 1.84. The monoisotopic (exact) mass is 204 g/mol. The molecule has 80 valence electrons. The Morgan fingerprint density at radius 3 is 2.60 bits per heavy atom. The zero-order chi connectivity index (χ0) is 10.4. The van der Waals surface area contributed by atoms with Crippen LogP contribution < -0.4 is 10.6 Å². The molecule has 2 saturated carbocycles. The topological polar surface area (TPSA) is 55.0 Å². The van der Waals surface area contributed by atoms with E-state index in [2.05, 4.69) is 21.9 Å². The first-order chi connectivity index (χ1) is 7.24. The molecule has 1 aromatic heterocycles. The van der Waals surface area contributed by atoms with Gasteiger partial charge in [-0.1, -0.05) is 0 Å². The number of nitrogens with zero attached hydrogens (tertiary/aromatic N) is 3. The van der Waals surface area contributed by atoms with Gasteiger partial charge in [0.1, 0.15) is 17.5 Å². The van der Waals surface area contributed by atoms with Gasteiger partial charge >= 0.3 is 0 Å². The molecule has 0 spiro atoms. The van der Waals surface area contributed by atoms with Crippen molar-refractivity contribution < 1.29 is 0 Å². The third-order valence-corrected chi connectivity index (χ3v) is 3.15. The molecule has 0 unspecified atom stereocenters. The summed E-state index contributed by atoms with van der Waals surface area (Å²) in [5, 5.41) is 0. The van der Waals surface area contributed by atoms with Crippen molar-refractivity contribution in [1.29, 1.82) is 0 Å². The highest BCUT2D eigenvalue weighted by Crippen LogP contribution is 2.39. The van der Waals surface area contributed by atoms with E-state index in [0.29, 0.717) is 17.8 Å². The Hall–Kier alpha value is -1.32. The summed E-state index contributed by atoms with van der Waals surface area (Å²) in [7, 11) is 2.09. The third kappa shape index (κ3) is 1.76. The van der Waals surface area contributed by atoms with E-state index in [-0.39, 0.29) is 0 Å². The first-order valence-electron chi connectivity index (χ1n) is 5.61. The van der Waals surface area contributed by atoms with E-state index in [1.165, 1.54) is 25.7 Å². The fourth-order valence-corrected chi connectivity index (χ4v) is 1.83. The number of hydrogen-bond acceptors (Lipinski definition) is 4. The highest BCUT2D eigenvalue weighted by Gasteiger charge is 2.30. The average molecular weight is 204 g/mol. The molecule has 1 aromatic rings. The van der Waals surface area contributed by atoms with Crippen molar-refractivity contribution in [3.63, 3.8) is 0 Å². The Morgan fingerprint density at radius 1 is 1.27 bits per heavy atom. The van der Waals surface area contributed by atoms with Crippen LogP contribution in [0.25, 0.3) is 0 Å². The van der Waals surface area contributed by atoms with Gasteiger partial charge in [0.05, 0.1) is 0 Å². The van der Waals surface area contributed by atoms with E-state index in [9.17, 15) is 0 Å². The van der Waals surface area contributed by atoms with Gasteiger partial charge < -0.3 is 10.6 Å². The molecule has 2 aliphatic rings. The maximum absolute atomic E-state index is 5.81. The van der Waals surface area contributed by atoms with Crippen molar-refractivity contribution in [3.05, 3.63) is 11.9 Å². The van der Waals surface area contributed by atoms with Crippen LogP contribution in [-0.4, -0.2) is 23.1 Å². The second-order valence-corrected chi connectivity index (χ2v) is 4.63. The highest BCUT2D eigenvalue weighted by atomic mass is 15.2. The summed E-state index contributed by atoms with van der Waals surface area (Å²) < 4.78 is 0. The van der Waals surface area contributed by atoms with Gasteiger partial charge in [-0.25, -0.2) is 9.97 Å². The molecule has 0 radical (unpaired) electrons. The van der Waals surface area contributed by atoms with Crippen LogP contribution in [0.5, 0.6) is 0 Å². The van der Waals surface area contributed by atoms with Gasteiger partial charge in [0.15, 0.2) is 0 Å². The van der Waals surface area contributed by atoms with Crippen LogP contribution in [0.15, 0.2) is 6.07 Å². The summed E-state index contributed by atoms with van der Waals surface area (Å²) in [6.07, 6.45) is 4.99. The molecule has 4 heteroatoms. The first-order valence-corrected chi connectivity index (χ1v) is 5.61. The van der Waals surface area contributed by atoms with E-state index in [1.807, 2.05) is 6.07 Å². The number of hydrogen-bond donors (Lipinski definition) is 1. The van der Waals surface area contributed by atoms with Crippen molar-refractivity contribution in [1.82, 2.24) is 9.97 Å². The molecule has 2 fully saturated rings. The summed E-state index contributed by atoms with van der Waals surface area (Å²) in [6.45, 7) is 0. The van der Waals surface area contributed by atoms with E-state index in [4.69, 9.17) is 5.73 Å². The van der Waals surface area contributed by atoms with Crippen molar-refractivity contribution in [2.24, 2.45) is 0 Å². The number of anilines is 2. The number of aromatic nitrogens is 2. The van der Waals surface area contributed by atoms with Crippen LogP contribution in [0.3, 0.4) is 0 Å². The van der Waals surface area contributed by atoms with Crippen LogP contribution in [0.2, 0.25) is 0 Å². The summed E-state index contributed by atoms with van der Waals surface area (Å²) in [5.74, 6) is 3.11. The lowest BCUT2D eigenvalue weighted by Crippen LogP contribution is -2.21. The summed E-state index contributed by atoms with van der Waals surface area (Å²) >= 11 is 0. The van der Waals surface area contributed by atoms with Gasteiger partial charge in [-0.05, 0) is 25.7 Å². The minimum absolute atomic E-state index is 0.569. The second-order valence-electron chi connectivity index (χ2n) is 4.63. The average Bonchev–Trinajstić information content (AvgIpc) is 3.04. The number of rotatable bonds is 3. The molecule has 4 nitrogen and oxygen atoms in total. The third-order valence-electron chi connectivity index (χ3n) is 3.15. The van der Waals surface area contributed by atoms with Crippen LogP contribution in [0.1, 0.15) is 37.4 Å². The lowest BCUT2D eigenvalue weighted by Gasteiger charge is -2.18. The van der Waals surface area contributed by atoms with Gasteiger partial charge in [-0.3, -0.25) is 0 Å². The van der Waals surface area contributed by atoms with Crippen molar-refractivity contribution in [3.8, 4) is 0 Å². The predicted molar refractivity (Wildman–Crippen MR) is 59.8 cm³/mol. The Balaban J connectivity index is 1.91. The van der Waals surface area contributed by atoms with Crippen molar-refractivity contribution in [2.75, 3.05) is 17.7 Å². The molecule has 3 rings (SSSR count). The van der Waals surface area contributed by atoms with Crippen LogP contribution in [-0.2, 0) is 0 Å². The molecule has 0 amide bonds. The smallest absolute Gasteiger partial charge is 0.136 e. The van der Waals surface area contributed by atoms with Crippen LogP contribution >= 0.6 is 0 Å². The quantitative estimate of drug-likeness (QED) is 0.811. The normalized spacial score (nSPS) is 20.3. The van der Waals surface area contributed by atoms with Gasteiger partial charge in [0.25, 0.3) is 0 Å². The van der Waals surface area contributed by atoms with Gasteiger partial charge in [0, 0.05) is 25.1 Å². The lowest BCUT2D eigenvalue weighted by molar-refractivity contribution is 0.853. The van der Waals surface area contributed by atoms with Gasteiger partial charge in [-0.2, -0.15) is 0 Å². The summed E-state index contributed by atoms with van der Waals surface area (Å²) in [6, 6.07) is 2.55. The van der Waals surface area contributed by atoms with Gasteiger partial charge in [0.2, 0.25) is 0 Å². The van der Waals surface area contributed by atoms with Crippen molar-refractivity contribution >= 4 is 11.6 Å². The van der Waals surface area contributed by atoms with E-state index < -0.39 is 0 Å². The fourth-order valence-electron chi connectivity index (χ4n) is 1.83. The van der Waals surface area contributed by atoms with Crippen molar-refractivity contribution in [2.45, 2.75) is 37.6 Å². The Bertz CT molecular complexity index is 382. The molecule has 1 heterocycles. The highest BCUT2D eigenvalue weighted by molar-refractivity contribution is 5.48. The molecule has 15 heavy (non-hydrogen) atoms. The molecule has 0 bridgehead atoms. The molecule has 0 saturated heterocycles. The Morgan fingerprint density at radius 2 is 2.00 bits per heavy atom. The minimum atomic E-state index is 0.569. The molecule has 0 aliphatic heterocycles. The maximum Gasteiger partial charge on any atom is 0.136 e. The molecular formula is C11H16N4.